The van der Waals surface area contributed by atoms with E-state index in [0.717, 1.165) is 34.3 Å². The van der Waals surface area contributed by atoms with Crippen molar-refractivity contribution in [3.8, 4) is 11.5 Å². The Balaban J connectivity index is 2.46. The van der Waals surface area contributed by atoms with Gasteiger partial charge in [0.25, 0.3) is 0 Å². The Bertz CT molecular complexity index is 316. The summed E-state index contributed by atoms with van der Waals surface area (Å²) in [6, 6.07) is 5.79. The van der Waals surface area contributed by atoms with Crippen LogP contribution < -0.4 is 9.47 Å². The minimum absolute atomic E-state index is 0.728. The molecule has 4 heteroatoms. The van der Waals surface area contributed by atoms with Gasteiger partial charge < -0.3 is 9.47 Å². The fourth-order valence-corrected chi connectivity index (χ4v) is 2.20. The van der Waals surface area contributed by atoms with E-state index in [-0.39, 0.29) is 0 Å². The molecule has 2 nitrogen and oxygen atoms in total. The van der Waals surface area contributed by atoms with Crippen LogP contribution in [0.15, 0.2) is 22.7 Å². The lowest BCUT2D eigenvalue weighted by molar-refractivity contribution is 0.284. The van der Waals surface area contributed by atoms with Crippen molar-refractivity contribution in [3.05, 3.63) is 22.7 Å². The van der Waals surface area contributed by atoms with Crippen LogP contribution in [0.4, 0.5) is 0 Å². The van der Waals surface area contributed by atoms with Crippen molar-refractivity contribution in [2.24, 2.45) is 0 Å². The molecule has 0 unspecified atom stereocenters. The molecule has 0 amide bonds. The van der Waals surface area contributed by atoms with E-state index in [1.54, 1.807) is 7.11 Å². The van der Waals surface area contributed by atoms with Crippen LogP contribution in [-0.4, -0.2) is 19.0 Å². The summed E-state index contributed by atoms with van der Waals surface area (Å²) >= 11 is 6.87. The first-order chi connectivity index (χ1) is 7.79. The zero-order valence-corrected chi connectivity index (χ0v) is 12.5. The van der Waals surface area contributed by atoms with Gasteiger partial charge in [0.05, 0.1) is 18.2 Å². The lowest BCUT2D eigenvalue weighted by atomic mass is 10.2. The van der Waals surface area contributed by atoms with Gasteiger partial charge in [-0.2, -0.15) is 0 Å². The third-order valence-electron chi connectivity index (χ3n) is 2.18. The molecular formula is C12H16Br2O2. The molecule has 0 spiro atoms. The van der Waals surface area contributed by atoms with E-state index in [1.807, 2.05) is 18.2 Å². The summed E-state index contributed by atoms with van der Waals surface area (Å²) in [5, 5.41) is 1.06. The molecule has 0 aliphatic carbocycles. The topological polar surface area (TPSA) is 18.5 Å². The summed E-state index contributed by atoms with van der Waals surface area (Å²) in [5.41, 5.74) is 0. The normalized spacial score (nSPS) is 10.2. The summed E-state index contributed by atoms with van der Waals surface area (Å²) in [6.45, 7) is 0.728. The van der Waals surface area contributed by atoms with Gasteiger partial charge in [0.2, 0.25) is 0 Å². The summed E-state index contributed by atoms with van der Waals surface area (Å²) in [5.74, 6) is 1.57. The van der Waals surface area contributed by atoms with Crippen molar-refractivity contribution in [2.45, 2.75) is 19.3 Å². The fourth-order valence-electron chi connectivity index (χ4n) is 1.34. The van der Waals surface area contributed by atoms with E-state index in [9.17, 15) is 0 Å². The Morgan fingerprint density at radius 3 is 2.69 bits per heavy atom. The van der Waals surface area contributed by atoms with Crippen molar-refractivity contribution < 1.29 is 9.47 Å². The predicted molar refractivity (Wildman–Crippen MR) is 73.8 cm³/mol. The van der Waals surface area contributed by atoms with Crippen molar-refractivity contribution in [2.75, 3.05) is 19.0 Å². The first kappa shape index (κ1) is 13.8. The number of ether oxygens (including phenoxy) is 2. The molecule has 0 radical (unpaired) electrons. The Labute approximate surface area is 114 Å². The third kappa shape index (κ3) is 4.34. The zero-order valence-electron chi connectivity index (χ0n) is 9.34. The average molecular weight is 352 g/mol. The van der Waals surface area contributed by atoms with Crippen molar-refractivity contribution >= 4 is 31.9 Å². The Kier molecular flexibility index (Phi) is 6.88. The molecule has 1 rings (SSSR count). The standard InChI is InChI=1S/C12H16Br2O2/c1-15-11-7-5-6-10(14)12(11)16-9-4-2-3-8-13/h5-7H,2-4,8-9H2,1H3. The van der Waals surface area contributed by atoms with Gasteiger partial charge in [-0.15, -0.1) is 0 Å². The molecule has 0 N–H and O–H groups in total. The van der Waals surface area contributed by atoms with Crippen LogP contribution in [0, 0.1) is 0 Å². The highest BCUT2D eigenvalue weighted by atomic mass is 79.9. The first-order valence-electron chi connectivity index (χ1n) is 5.31. The molecule has 1 aromatic rings. The molecule has 0 saturated heterocycles. The van der Waals surface area contributed by atoms with Gasteiger partial charge in [-0.1, -0.05) is 22.0 Å². The summed E-state index contributed by atoms with van der Waals surface area (Å²) in [4.78, 5) is 0. The fraction of sp³-hybridized carbons (Fsp3) is 0.500. The van der Waals surface area contributed by atoms with Crippen LogP contribution in [0.25, 0.3) is 0 Å². The number of hydrogen-bond acceptors (Lipinski definition) is 2. The van der Waals surface area contributed by atoms with E-state index in [1.165, 1.54) is 12.8 Å². The van der Waals surface area contributed by atoms with Crippen molar-refractivity contribution in [3.63, 3.8) is 0 Å². The molecule has 0 bridgehead atoms. The quantitative estimate of drug-likeness (QED) is 0.535. The highest BCUT2D eigenvalue weighted by Crippen LogP contribution is 2.34. The highest BCUT2D eigenvalue weighted by Gasteiger charge is 2.07. The Hall–Kier alpha value is -0.220. The minimum atomic E-state index is 0.728. The van der Waals surface area contributed by atoms with E-state index in [2.05, 4.69) is 31.9 Å². The van der Waals surface area contributed by atoms with E-state index in [0.29, 0.717) is 0 Å². The van der Waals surface area contributed by atoms with E-state index >= 15 is 0 Å². The number of methoxy groups -OCH3 is 1. The lowest BCUT2D eigenvalue weighted by Gasteiger charge is -2.11. The van der Waals surface area contributed by atoms with Crippen LogP contribution in [0.3, 0.4) is 0 Å². The number of unbranched alkanes of at least 4 members (excludes halogenated alkanes) is 2. The number of hydrogen-bond donors (Lipinski definition) is 0. The first-order valence-corrected chi connectivity index (χ1v) is 7.22. The van der Waals surface area contributed by atoms with Crippen LogP contribution in [0.1, 0.15) is 19.3 Å². The second-order valence-corrected chi connectivity index (χ2v) is 5.02. The zero-order chi connectivity index (χ0) is 11.8. The number of para-hydroxylation sites is 1. The summed E-state index contributed by atoms with van der Waals surface area (Å²) in [7, 11) is 1.65. The molecule has 0 aromatic heterocycles. The van der Waals surface area contributed by atoms with Crippen molar-refractivity contribution in [1.29, 1.82) is 0 Å². The van der Waals surface area contributed by atoms with Gasteiger partial charge in [-0.3, -0.25) is 0 Å². The van der Waals surface area contributed by atoms with Crippen LogP contribution >= 0.6 is 31.9 Å². The van der Waals surface area contributed by atoms with Crippen LogP contribution in [0.2, 0.25) is 0 Å². The molecule has 0 fully saturated rings. The Morgan fingerprint density at radius 2 is 2.00 bits per heavy atom. The van der Waals surface area contributed by atoms with Crippen molar-refractivity contribution in [1.82, 2.24) is 0 Å². The second kappa shape index (κ2) is 7.96. The number of alkyl halides is 1. The maximum absolute atomic E-state index is 5.72. The molecule has 0 heterocycles. The molecule has 1 aromatic carbocycles. The number of halogens is 2. The number of rotatable bonds is 7. The summed E-state index contributed by atoms with van der Waals surface area (Å²) in [6.07, 6.45) is 3.44. The van der Waals surface area contributed by atoms with Gasteiger partial charge >= 0.3 is 0 Å². The Morgan fingerprint density at radius 1 is 1.19 bits per heavy atom. The van der Waals surface area contributed by atoms with Gasteiger partial charge in [0, 0.05) is 5.33 Å². The largest absolute Gasteiger partial charge is 0.493 e. The third-order valence-corrected chi connectivity index (χ3v) is 3.36. The van der Waals surface area contributed by atoms with E-state index < -0.39 is 0 Å². The van der Waals surface area contributed by atoms with Crippen LogP contribution in [-0.2, 0) is 0 Å². The molecular weight excluding hydrogens is 336 g/mol. The monoisotopic (exact) mass is 350 g/mol. The molecule has 16 heavy (non-hydrogen) atoms. The lowest BCUT2D eigenvalue weighted by Crippen LogP contribution is -2.00. The minimum Gasteiger partial charge on any atom is -0.493 e. The molecule has 0 aliphatic rings. The molecule has 0 atom stereocenters. The maximum atomic E-state index is 5.72. The molecule has 90 valence electrons. The van der Waals surface area contributed by atoms with Crippen LogP contribution in [0.5, 0.6) is 11.5 Å². The van der Waals surface area contributed by atoms with Gasteiger partial charge in [0.15, 0.2) is 11.5 Å². The average Bonchev–Trinajstić information content (AvgIpc) is 2.30. The SMILES string of the molecule is COc1cccc(Br)c1OCCCCCBr. The number of benzene rings is 1. The van der Waals surface area contributed by atoms with Gasteiger partial charge in [0.1, 0.15) is 0 Å². The second-order valence-electron chi connectivity index (χ2n) is 3.37. The van der Waals surface area contributed by atoms with Gasteiger partial charge in [-0.25, -0.2) is 0 Å². The summed E-state index contributed by atoms with van der Waals surface area (Å²) < 4.78 is 11.9. The molecule has 0 aliphatic heterocycles. The highest BCUT2D eigenvalue weighted by molar-refractivity contribution is 9.10. The maximum Gasteiger partial charge on any atom is 0.175 e. The predicted octanol–water partition coefficient (Wildman–Crippen LogP) is 4.40. The smallest absolute Gasteiger partial charge is 0.175 e. The van der Waals surface area contributed by atoms with E-state index in [4.69, 9.17) is 9.47 Å². The molecule has 0 saturated carbocycles. The van der Waals surface area contributed by atoms with Gasteiger partial charge in [-0.05, 0) is 47.3 Å².